The quantitative estimate of drug-likeness (QED) is 0.501. The van der Waals surface area contributed by atoms with E-state index in [1.165, 1.54) is 6.33 Å². The van der Waals surface area contributed by atoms with Crippen molar-refractivity contribution >= 4 is 27.5 Å². The van der Waals surface area contributed by atoms with Gasteiger partial charge >= 0.3 is 0 Å². The topological polar surface area (TPSA) is 109 Å². The van der Waals surface area contributed by atoms with Crippen LogP contribution >= 0.6 is 0 Å². The van der Waals surface area contributed by atoms with E-state index < -0.39 is 10.0 Å². The number of aryl methyl sites for hydroxylation is 2. The lowest BCUT2D eigenvalue weighted by Crippen LogP contribution is -2.29. The average Bonchev–Trinajstić information content (AvgIpc) is 2.68. The molecule has 9 heteroatoms. The van der Waals surface area contributed by atoms with Crippen LogP contribution in [0.1, 0.15) is 11.1 Å². The molecular formula is C19H22N6O2S. The first-order valence-corrected chi connectivity index (χ1v) is 10.2. The Bertz CT molecular complexity index is 1040. The van der Waals surface area contributed by atoms with E-state index in [0.29, 0.717) is 24.0 Å². The summed E-state index contributed by atoms with van der Waals surface area (Å²) >= 11 is 0. The maximum absolute atomic E-state index is 12.4. The van der Waals surface area contributed by atoms with Crippen LogP contribution in [0.2, 0.25) is 0 Å². The van der Waals surface area contributed by atoms with Crippen LogP contribution in [0.5, 0.6) is 0 Å². The second-order valence-electron chi connectivity index (χ2n) is 6.20. The summed E-state index contributed by atoms with van der Waals surface area (Å²) in [4.78, 5) is 12.7. The zero-order chi connectivity index (χ0) is 20.0. The highest BCUT2D eigenvalue weighted by molar-refractivity contribution is 7.89. The number of rotatable bonds is 8. The van der Waals surface area contributed by atoms with Crippen LogP contribution in [0.25, 0.3) is 0 Å². The standard InChI is InChI=1S/C19H22N6O2S/c1-14-6-7-16(11-15(14)2)28(26,27)24-10-9-21-18-12-19(23-13-22-18)25-17-5-3-4-8-20-17/h3-8,11-13,24H,9-10H2,1-2H3,(H2,20,21,22,23,25). The van der Waals surface area contributed by atoms with Crippen LogP contribution in [0.15, 0.2) is 59.9 Å². The van der Waals surface area contributed by atoms with Crippen molar-refractivity contribution < 1.29 is 8.42 Å². The Labute approximate surface area is 164 Å². The molecule has 2 aromatic heterocycles. The van der Waals surface area contributed by atoms with E-state index >= 15 is 0 Å². The van der Waals surface area contributed by atoms with Crippen molar-refractivity contribution in [3.05, 3.63) is 66.1 Å². The molecule has 0 atom stereocenters. The molecule has 3 N–H and O–H groups in total. The normalized spacial score (nSPS) is 11.2. The van der Waals surface area contributed by atoms with Crippen LogP contribution in [0.4, 0.5) is 17.5 Å². The molecule has 0 radical (unpaired) electrons. The number of hydrogen-bond donors (Lipinski definition) is 3. The van der Waals surface area contributed by atoms with Gasteiger partial charge in [-0.05, 0) is 49.2 Å². The van der Waals surface area contributed by atoms with Gasteiger partial charge in [-0.15, -0.1) is 0 Å². The number of pyridine rings is 1. The lowest BCUT2D eigenvalue weighted by molar-refractivity contribution is 0.582. The van der Waals surface area contributed by atoms with E-state index in [4.69, 9.17) is 0 Å². The molecule has 28 heavy (non-hydrogen) atoms. The Balaban J connectivity index is 1.53. The highest BCUT2D eigenvalue weighted by Gasteiger charge is 2.13. The third-order valence-corrected chi connectivity index (χ3v) is 5.56. The van der Waals surface area contributed by atoms with Gasteiger partial charge in [0.05, 0.1) is 4.90 Å². The first-order valence-electron chi connectivity index (χ1n) is 8.75. The number of benzene rings is 1. The second-order valence-corrected chi connectivity index (χ2v) is 7.97. The predicted molar refractivity (Wildman–Crippen MR) is 109 cm³/mol. The molecule has 8 nitrogen and oxygen atoms in total. The summed E-state index contributed by atoms with van der Waals surface area (Å²) in [5.41, 5.74) is 1.99. The van der Waals surface area contributed by atoms with E-state index in [1.54, 1.807) is 30.5 Å². The number of sulfonamides is 1. The smallest absolute Gasteiger partial charge is 0.240 e. The largest absolute Gasteiger partial charge is 0.369 e. The van der Waals surface area contributed by atoms with E-state index in [0.717, 1.165) is 11.1 Å². The minimum Gasteiger partial charge on any atom is -0.369 e. The van der Waals surface area contributed by atoms with Gasteiger partial charge in [0.15, 0.2) is 0 Å². The van der Waals surface area contributed by atoms with Crippen molar-refractivity contribution in [3.63, 3.8) is 0 Å². The van der Waals surface area contributed by atoms with E-state index in [2.05, 4.69) is 30.3 Å². The fraction of sp³-hybridized carbons (Fsp3) is 0.211. The Morgan fingerprint density at radius 3 is 2.43 bits per heavy atom. The average molecular weight is 398 g/mol. The summed E-state index contributed by atoms with van der Waals surface area (Å²) in [5.74, 6) is 1.85. The summed E-state index contributed by atoms with van der Waals surface area (Å²) in [6.45, 7) is 4.44. The molecule has 3 aromatic rings. The van der Waals surface area contributed by atoms with Crippen molar-refractivity contribution in [3.8, 4) is 0 Å². The maximum atomic E-state index is 12.4. The van der Waals surface area contributed by atoms with Crippen molar-refractivity contribution in [1.82, 2.24) is 19.7 Å². The van der Waals surface area contributed by atoms with Crippen LogP contribution in [0.3, 0.4) is 0 Å². The van der Waals surface area contributed by atoms with Crippen LogP contribution < -0.4 is 15.4 Å². The lowest BCUT2D eigenvalue weighted by atomic mass is 10.1. The lowest BCUT2D eigenvalue weighted by Gasteiger charge is -2.10. The van der Waals surface area contributed by atoms with Gasteiger partial charge in [-0.25, -0.2) is 28.1 Å². The summed E-state index contributed by atoms with van der Waals surface area (Å²) in [5, 5.41) is 6.15. The summed E-state index contributed by atoms with van der Waals surface area (Å²) in [6, 6.07) is 12.3. The van der Waals surface area contributed by atoms with Crippen LogP contribution in [0, 0.1) is 13.8 Å². The molecule has 0 unspecified atom stereocenters. The third kappa shape index (κ3) is 5.24. The first-order chi connectivity index (χ1) is 13.4. The molecule has 0 aliphatic carbocycles. The van der Waals surface area contributed by atoms with Gasteiger partial charge in [0, 0.05) is 25.4 Å². The zero-order valence-electron chi connectivity index (χ0n) is 15.7. The molecular weight excluding hydrogens is 376 g/mol. The first kappa shape index (κ1) is 19.7. The Morgan fingerprint density at radius 2 is 1.68 bits per heavy atom. The highest BCUT2D eigenvalue weighted by Crippen LogP contribution is 2.15. The Kier molecular flexibility index (Phi) is 6.17. The minimum atomic E-state index is -3.55. The third-order valence-electron chi connectivity index (χ3n) is 4.10. The molecule has 0 aliphatic heterocycles. The molecule has 0 amide bonds. The molecule has 146 valence electrons. The van der Waals surface area contributed by atoms with Gasteiger partial charge in [-0.3, -0.25) is 0 Å². The monoisotopic (exact) mass is 398 g/mol. The van der Waals surface area contributed by atoms with Crippen LogP contribution in [-0.4, -0.2) is 36.5 Å². The van der Waals surface area contributed by atoms with Gasteiger partial charge in [-0.1, -0.05) is 12.1 Å². The Morgan fingerprint density at radius 1 is 0.857 bits per heavy atom. The van der Waals surface area contributed by atoms with E-state index in [1.807, 2.05) is 32.0 Å². The van der Waals surface area contributed by atoms with Gasteiger partial charge in [0.2, 0.25) is 10.0 Å². The molecule has 0 bridgehead atoms. The molecule has 0 saturated carbocycles. The molecule has 0 spiro atoms. The SMILES string of the molecule is Cc1ccc(S(=O)(=O)NCCNc2cc(Nc3ccccn3)ncn2)cc1C. The number of nitrogens with one attached hydrogen (secondary N) is 3. The number of nitrogens with zero attached hydrogens (tertiary/aromatic N) is 3. The molecule has 0 aliphatic rings. The van der Waals surface area contributed by atoms with E-state index in [9.17, 15) is 8.42 Å². The molecule has 0 fully saturated rings. The van der Waals surface area contributed by atoms with Crippen molar-refractivity contribution in [1.29, 1.82) is 0 Å². The molecule has 2 heterocycles. The maximum Gasteiger partial charge on any atom is 0.240 e. The van der Waals surface area contributed by atoms with Crippen molar-refractivity contribution in [2.24, 2.45) is 0 Å². The van der Waals surface area contributed by atoms with Gasteiger partial charge in [-0.2, -0.15) is 0 Å². The summed E-state index contributed by atoms with van der Waals surface area (Å²) in [7, 11) is -3.55. The van der Waals surface area contributed by atoms with Gasteiger partial charge < -0.3 is 10.6 Å². The Hall–Kier alpha value is -3.04. The highest BCUT2D eigenvalue weighted by atomic mass is 32.2. The predicted octanol–water partition coefficient (Wildman–Crippen LogP) is 2.62. The minimum absolute atomic E-state index is 0.224. The van der Waals surface area contributed by atoms with E-state index in [-0.39, 0.29) is 11.4 Å². The molecule has 0 saturated heterocycles. The number of anilines is 3. The fourth-order valence-corrected chi connectivity index (χ4v) is 3.55. The summed E-state index contributed by atoms with van der Waals surface area (Å²) in [6.07, 6.45) is 3.11. The number of aromatic nitrogens is 3. The van der Waals surface area contributed by atoms with Crippen LogP contribution in [-0.2, 0) is 10.0 Å². The number of hydrogen-bond acceptors (Lipinski definition) is 7. The van der Waals surface area contributed by atoms with Crippen molar-refractivity contribution in [2.45, 2.75) is 18.7 Å². The molecule has 1 aromatic carbocycles. The zero-order valence-corrected chi connectivity index (χ0v) is 16.5. The van der Waals surface area contributed by atoms with Crippen molar-refractivity contribution in [2.75, 3.05) is 23.7 Å². The van der Waals surface area contributed by atoms with Gasteiger partial charge in [0.1, 0.15) is 23.8 Å². The molecule has 3 rings (SSSR count). The van der Waals surface area contributed by atoms with Gasteiger partial charge in [0.25, 0.3) is 0 Å². The second kappa shape index (κ2) is 8.77. The fourth-order valence-electron chi connectivity index (χ4n) is 2.43. The summed E-state index contributed by atoms with van der Waals surface area (Å²) < 4.78 is 27.4.